The summed E-state index contributed by atoms with van der Waals surface area (Å²) in [5, 5.41) is 0. The van der Waals surface area contributed by atoms with Crippen molar-refractivity contribution in [2.24, 2.45) is 23.2 Å². The normalized spacial score (nSPS) is 37.8. The molecule has 0 saturated heterocycles. The van der Waals surface area contributed by atoms with E-state index >= 15 is 0 Å². The third-order valence-corrected chi connectivity index (χ3v) is 6.71. The van der Waals surface area contributed by atoms with Crippen molar-refractivity contribution in [3.05, 3.63) is 0 Å². The second-order valence-corrected chi connectivity index (χ2v) is 7.81. The molecule has 0 aromatic heterocycles. The molecule has 0 heterocycles. The molecule has 3 fully saturated rings. The summed E-state index contributed by atoms with van der Waals surface area (Å²) in [5.74, 6) is 4.28. The summed E-state index contributed by atoms with van der Waals surface area (Å²) in [6.07, 6.45) is 11.8. The van der Waals surface area contributed by atoms with Crippen LogP contribution in [-0.2, 0) is 0 Å². The van der Waals surface area contributed by atoms with Crippen molar-refractivity contribution in [2.45, 2.75) is 51.4 Å². The first kappa shape index (κ1) is 13.3. The van der Waals surface area contributed by atoms with Crippen LogP contribution in [0.15, 0.2) is 0 Å². The van der Waals surface area contributed by atoms with Gasteiger partial charge in [-0.2, -0.15) is 12.6 Å². The lowest BCUT2D eigenvalue weighted by molar-refractivity contribution is 0.158. The van der Waals surface area contributed by atoms with Crippen LogP contribution in [0.4, 0.5) is 0 Å². The van der Waals surface area contributed by atoms with Gasteiger partial charge in [0.25, 0.3) is 0 Å². The van der Waals surface area contributed by atoms with Gasteiger partial charge in [0.15, 0.2) is 0 Å². The highest BCUT2D eigenvalue weighted by atomic mass is 32.1. The van der Waals surface area contributed by atoms with E-state index in [4.69, 9.17) is 0 Å². The molecule has 0 aromatic rings. The van der Waals surface area contributed by atoms with Gasteiger partial charge in [-0.05, 0) is 68.1 Å². The molecule has 0 N–H and O–H groups in total. The van der Waals surface area contributed by atoms with Crippen LogP contribution in [0.2, 0.25) is 0 Å². The Hall–Kier alpha value is 0.310. The molecule has 3 unspecified atom stereocenters. The third kappa shape index (κ3) is 2.60. The van der Waals surface area contributed by atoms with Crippen molar-refractivity contribution in [3.8, 4) is 0 Å². The Bertz CT molecular complexity index is 285. The predicted molar refractivity (Wildman–Crippen MR) is 81.2 cm³/mol. The van der Waals surface area contributed by atoms with Gasteiger partial charge in [0.1, 0.15) is 0 Å². The molecule has 3 saturated carbocycles. The van der Waals surface area contributed by atoms with Gasteiger partial charge in [-0.3, -0.25) is 0 Å². The summed E-state index contributed by atoms with van der Waals surface area (Å²) < 4.78 is 0. The highest BCUT2D eigenvalue weighted by Gasteiger charge is 2.40. The molecule has 2 bridgehead atoms. The average molecular weight is 267 g/mol. The summed E-state index contributed by atoms with van der Waals surface area (Å²) in [6, 6.07) is 0. The highest BCUT2D eigenvalue weighted by molar-refractivity contribution is 7.80. The van der Waals surface area contributed by atoms with Crippen LogP contribution in [-0.4, -0.2) is 30.8 Å². The largest absolute Gasteiger partial charge is 0.306 e. The molecule has 3 rings (SSSR count). The zero-order chi connectivity index (χ0) is 12.6. The zero-order valence-corrected chi connectivity index (χ0v) is 12.8. The molecule has 104 valence electrons. The van der Waals surface area contributed by atoms with Crippen molar-refractivity contribution < 1.29 is 0 Å². The number of thiol groups is 1. The van der Waals surface area contributed by atoms with Gasteiger partial charge in [0, 0.05) is 13.1 Å². The van der Waals surface area contributed by atoms with Crippen LogP contribution in [0.5, 0.6) is 0 Å². The number of fused-ring (bicyclic) bond motifs is 2. The molecule has 0 aliphatic heterocycles. The molecule has 0 aromatic carbocycles. The topological polar surface area (TPSA) is 3.24 Å². The molecular formula is C16H29NS. The Morgan fingerprint density at radius 1 is 1.17 bits per heavy atom. The van der Waals surface area contributed by atoms with E-state index in [1.165, 1.54) is 58.0 Å². The summed E-state index contributed by atoms with van der Waals surface area (Å²) in [7, 11) is 2.36. The summed E-state index contributed by atoms with van der Waals surface area (Å²) in [4.78, 5) is 2.65. The summed E-state index contributed by atoms with van der Waals surface area (Å²) in [6.45, 7) is 2.65. The summed E-state index contributed by atoms with van der Waals surface area (Å²) in [5.41, 5.74) is 0.551. The molecule has 0 amide bonds. The van der Waals surface area contributed by atoms with Crippen LogP contribution in [0.3, 0.4) is 0 Å². The van der Waals surface area contributed by atoms with E-state index < -0.39 is 0 Å². The molecule has 0 radical (unpaired) electrons. The molecule has 3 aliphatic carbocycles. The van der Waals surface area contributed by atoms with Gasteiger partial charge >= 0.3 is 0 Å². The van der Waals surface area contributed by atoms with Gasteiger partial charge < -0.3 is 4.90 Å². The van der Waals surface area contributed by atoms with E-state index in [0.717, 1.165) is 23.5 Å². The van der Waals surface area contributed by atoms with Crippen molar-refractivity contribution in [1.29, 1.82) is 0 Å². The van der Waals surface area contributed by atoms with E-state index in [1.807, 2.05) is 0 Å². The van der Waals surface area contributed by atoms with Crippen LogP contribution >= 0.6 is 12.6 Å². The first-order chi connectivity index (χ1) is 8.71. The monoisotopic (exact) mass is 267 g/mol. The molecule has 0 spiro atoms. The minimum Gasteiger partial charge on any atom is -0.306 e. The lowest BCUT2D eigenvalue weighted by Crippen LogP contribution is -2.38. The number of hydrogen-bond donors (Lipinski definition) is 1. The SMILES string of the molecule is CN(CC1CC2CCC1C2)CC1(CS)CCCC1. The standard InChI is InChI=1S/C16H29NS/c1-17(11-16(12-18)6-2-3-7-16)10-15-9-13-4-5-14(15)8-13/h13-15,18H,2-12H2,1H3. The van der Waals surface area contributed by atoms with Gasteiger partial charge in [-0.1, -0.05) is 19.3 Å². The fourth-order valence-electron chi connectivity index (χ4n) is 5.13. The predicted octanol–water partition coefficient (Wildman–Crippen LogP) is 3.84. The Kier molecular flexibility index (Phi) is 3.96. The van der Waals surface area contributed by atoms with Crippen LogP contribution in [0.25, 0.3) is 0 Å². The molecule has 3 aliphatic rings. The van der Waals surface area contributed by atoms with Crippen LogP contribution < -0.4 is 0 Å². The molecule has 18 heavy (non-hydrogen) atoms. The van der Waals surface area contributed by atoms with E-state index in [0.29, 0.717) is 5.41 Å². The first-order valence-corrected chi connectivity index (χ1v) is 8.63. The summed E-state index contributed by atoms with van der Waals surface area (Å²) >= 11 is 4.64. The number of nitrogens with zero attached hydrogens (tertiary/aromatic N) is 1. The average Bonchev–Trinajstić information content (AvgIpc) is 3.04. The van der Waals surface area contributed by atoms with Crippen molar-refractivity contribution in [1.82, 2.24) is 4.90 Å². The lowest BCUT2D eigenvalue weighted by atomic mass is 9.85. The highest BCUT2D eigenvalue weighted by Crippen LogP contribution is 2.48. The Morgan fingerprint density at radius 2 is 1.94 bits per heavy atom. The van der Waals surface area contributed by atoms with Gasteiger partial charge in [-0.25, -0.2) is 0 Å². The first-order valence-electron chi connectivity index (χ1n) is 8.00. The fourth-order valence-corrected chi connectivity index (χ4v) is 5.54. The van der Waals surface area contributed by atoms with Crippen LogP contribution in [0.1, 0.15) is 51.4 Å². The van der Waals surface area contributed by atoms with Gasteiger partial charge in [-0.15, -0.1) is 0 Å². The maximum absolute atomic E-state index is 4.64. The van der Waals surface area contributed by atoms with Gasteiger partial charge in [0.05, 0.1) is 0 Å². The second-order valence-electron chi connectivity index (χ2n) is 7.50. The Morgan fingerprint density at radius 3 is 2.50 bits per heavy atom. The number of rotatable bonds is 5. The lowest BCUT2D eigenvalue weighted by Gasteiger charge is -2.35. The van der Waals surface area contributed by atoms with Crippen molar-refractivity contribution >= 4 is 12.6 Å². The second kappa shape index (κ2) is 5.36. The zero-order valence-electron chi connectivity index (χ0n) is 11.9. The van der Waals surface area contributed by atoms with E-state index in [-0.39, 0.29) is 0 Å². The quantitative estimate of drug-likeness (QED) is 0.741. The number of hydrogen-bond acceptors (Lipinski definition) is 2. The molecule has 2 heteroatoms. The maximum atomic E-state index is 4.64. The van der Waals surface area contributed by atoms with E-state index in [1.54, 1.807) is 6.42 Å². The molecule has 3 atom stereocenters. The van der Waals surface area contributed by atoms with Crippen molar-refractivity contribution in [2.75, 3.05) is 25.9 Å². The van der Waals surface area contributed by atoms with Crippen LogP contribution in [0, 0.1) is 23.2 Å². The van der Waals surface area contributed by atoms with Gasteiger partial charge in [0.2, 0.25) is 0 Å². The minimum absolute atomic E-state index is 0.551. The molecule has 1 nitrogen and oxygen atoms in total. The maximum Gasteiger partial charge on any atom is 0.00429 e. The smallest absolute Gasteiger partial charge is 0.00429 e. The van der Waals surface area contributed by atoms with E-state index in [9.17, 15) is 0 Å². The Balaban J connectivity index is 1.51. The fraction of sp³-hybridized carbons (Fsp3) is 1.00. The minimum atomic E-state index is 0.551. The Labute approximate surface area is 118 Å². The van der Waals surface area contributed by atoms with Crippen molar-refractivity contribution in [3.63, 3.8) is 0 Å². The third-order valence-electron chi connectivity index (χ3n) is 6.04. The van der Waals surface area contributed by atoms with E-state index in [2.05, 4.69) is 24.6 Å². The molecular weight excluding hydrogens is 238 g/mol.